The molecule has 3 aromatic carbocycles. The summed E-state index contributed by atoms with van der Waals surface area (Å²) in [4.78, 5) is 35.8. The highest BCUT2D eigenvalue weighted by atomic mass is 19.1. The lowest BCUT2D eigenvalue weighted by Gasteiger charge is -2.18. The lowest BCUT2D eigenvalue weighted by Crippen LogP contribution is -2.26. The molecule has 0 saturated heterocycles. The van der Waals surface area contributed by atoms with E-state index in [1.165, 1.54) is 54.6 Å². The predicted molar refractivity (Wildman–Crippen MR) is 268 cm³/mol. The molecular formula is C57H77F3O9. The first-order valence-electron chi connectivity index (χ1n) is 25.3. The van der Waals surface area contributed by atoms with Gasteiger partial charge in [-0.3, -0.25) is 0 Å². The van der Waals surface area contributed by atoms with Crippen molar-refractivity contribution in [3.63, 3.8) is 0 Å². The Bertz CT molecular complexity index is 1770. The van der Waals surface area contributed by atoms with Gasteiger partial charge >= 0.3 is 17.9 Å². The zero-order valence-electron chi connectivity index (χ0n) is 40.8. The van der Waals surface area contributed by atoms with E-state index in [2.05, 4.69) is 0 Å². The van der Waals surface area contributed by atoms with Crippen molar-refractivity contribution in [3.05, 3.63) is 125 Å². The topological polar surface area (TPSA) is 107 Å². The largest absolute Gasteiger partial charge is 0.463 e. The smallest absolute Gasteiger partial charge is 0.330 e. The molecule has 0 amide bonds. The molecule has 69 heavy (non-hydrogen) atoms. The van der Waals surface area contributed by atoms with Crippen LogP contribution in [0.15, 0.2) is 91.0 Å². The van der Waals surface area contributed by atoms with Crippen LogP contribution in [0.2, 0.25) is 0 Å². The van der Waals surface area contributed by atoms with Crippen molar-refractivity contribution in [1.29, 1.82) is 0 Å². The van der Waals surface area contributed by atoms with E-state index in [9.17, 15) is 27.6 Å². The maximum atomic E-state index is 13.0. The minimum absolute atomic E-state index is 0.113. The maximum absolute atomic E-state index is 13.0. The fourth-order valence-corrected chi connectivity index (χ4v) is 7.17. The third-order valence-corrected chi connectivity index (χ3v) is 11.2. The summed E-state index contributed by atoms with van der Waals surface area (Å²) in [7, 11) is 0. The Kier molecular flexibility index (Phi) is 33.6. The Morgan fingerprint density at radius 3 is 0.884 bits per heavy atom. The second-order valence-electron chi connectivity index (χ2n) is 17.2. The minimum atomic E-state index is -0.392. The van der Waals surface area contributed by atoms with Crippen LogP contribution in [0.4, 0.5) is 13.2 Å². The Morgan fingerprint density at radius 2 is 0.594 bits per heavy atom. The van der Waals surface area contributed by atoms with Crippen molar-refractivity contribution in [1.82, 2.24) is 0 Å². The summed E-state index contributed by atoms with van der Waals surface area (Å²) in [5.74, 6) is -2.12. The van der Waals surface area contributed by atoms with E-state index in [-0.39, 0.29) is 23.6 Å². The first kappa shape index (κ1) is 58.3. The highest BCUT2D eigenvalue weighted by molar-refractivity contribution is 5.88. The number of esters is 3. The van der Waals surface area contributed by atoms with Gasteiger partial charge in [-0.1, -0.05) is 133 Å². The van der Waals surface area contributed by atoms with E-state index in [1.807, 2.05) is 0 Å². The van der Waals surface area contributed by atoms with Gasteiger partial charge in [-0.15, -0.1) is 0 Å². The number of unbranched alkanes of at least 4 members (excludes halogenated alkanes) is 18. The third kappa shape index (κ3) is 33.2. The average Bonchev–Trinajstić information content (AvgIpc) is 3.35. The number of rotatable bonds is 41. The van der Waals surface area contributed by atoms with Crippen molar-refractivity contribution in [2.75, 3.05) is 52.9 Å². The summed E-state index contributed by atoms with van der Waals surface area (Å²) < 4.78 is 73.3. The molecule has 0 saturated carbocycles. The van der Waals surface area contributed by atoms with Crippen LogP contribution >= 0.6 is 0 Å². The molecule has 3 aromatic rings. The molecule has 3 rings (SSSR count). The molecule has 0 aliphatic heterocycles. The van der Waals surface area contributed by atoms with Gasteiger partial charge in [-0.05, 0) is 110 Å². The highest BCUT2D eigenvalue weighted by Gasteiger charge is 2.11. The Morgan fingerprint density at radius 1 is 0.348 bits per heavy atom. The molecule has 0 aromatic heterocycles. The molecule has 0 unspecified atom stereocenters. The monoisotopic (exact) mass is 963 g/mol. The van der Waals surface area contributed by atoms with Crippen LogP contribution in [-0.4, -0.2) is 76.9 Å². The quantitative estimate of drug-likeness (QED) is 0.0238. The van der Waals surface area contributed by atoms with Gasteiger partial charge in [0.05, 0.1) is 33.0 Å². The van der Waals surface area contributed by atoms with Gasteiger partial charge in [-0.2, -0.15) is 0 Å². The normalized spacial score (nSPS) is 12.0. The number of carbonyl (C=O) groups excluding carboxylic acids is 3. The van der Waals surface area contributed by atoms with Crippen LogP contribution in [0.3, 0.4) is 0 Å². The summed E-state index contributed by atoms with van der Waals surface area (Å²) in [5.41, 5.74) is 2.23. The van der Waals surface area contributed by atoms with E-state index in [0.29, 0.717) is 52.9 Å². The standard InChI is InChI=1S/C57H77F3O9/c58-51-31-22-48(23-32-51)28-37-55(61)67-43-19-13-7-1-4-10-16-40-64-46-54(66-42-18-12-6-3-9-15-21-45-69-57(63)39-30-50-26-35-53(60)36-27-50)47-65-41-17-11-5-2-8-14-20-44-68-56(62)38-29-49-24-33-52(59)34-25-49/h22-39,54H,1-21,40-47H2. The lowest BCUT2D eigenvalue weighted by atomic mass is 10.1. The van der Waals surface area contributed by atoms with Crippen LogP contribution in [0.1, 0.15) is 152 Å². The summed E-state index contributed by atoms with van der Waals surface area (Å²) in [6, 6.07) is 17.8. The van der Waals surface area contributed by atoms with Crippen molar-refractivity contribution in [2.45, 2.75) is 141 Å². The average molecular weight is 963 g/mol. The van der Waals surface area contributed by atoms with Gasteiger partial charge in [0.15, 0.2) is 0 Å². The summed E-state index contributed by atoms with van der Waals surface area (Å²) in [6.07, 6.45) is 30.6. The third-order valence-electron chi connectivity index (χ3n) is 11.2. The SMILES string of the molecule is O=C(C=Cc1ccc(F)cc1)OCCCCCCCCCOCC(COCCCCCCCCCOC(=O)C=Cc1ccc(F)cc1)OCCCCCCCCCOC(=O)C=Cc1ccc(F)cc1. The predicted octanol–water partition coefficient (Wildman–Crippen LogP) is 13.8. The second-order valence-corrected chi connectivity index (χ2v) is 17.2. The van der Waals surface area contributed by atoms with E-state index in [4.69, 9.17) is 28.4 Å². The van der Waals surface area contributed by atoms with Crippen LogP contribution in [-0.2, 0) is 42.8 Å². The second kappa shape index (κ2) is 39.8. The molecule has 0 fully saturated rings. The van der Waals surface area contributed by atoms with Crippen molar-refractivity contribution in [3.8, 4) is 0 Å². The van der Waals surface area contributed by atoms with E-state index < -0.39 is 17.9 Å². The van der Waals surface area contributed by atoms with Crippen LogP contribution in [0.25, 0.3) is 18.2 Å². The van der Waals surface area contributed by atoms with Crippen LogP contribution < -0.4 is 0 Å². The molecule has 9 nitrogen and oxygen atoms in total. The number of benzene rings is 3. The van der Waals surface area contributed by atoms with Gasteiger partial charge in [0.1, 0.15) is 23.6 Å². The maximum Gasteiger partial charge on any atom is 0.330 e. The number of halogens is 3. The molecule has 0 aliphatic carbocycles. The summed E-state index contributed by atoms with van der Waals surface area (Å²) >= 11 is 0. The van der Waals surface area contributed by atoms with Gasteiger partial charge in [0, 0.05) is 38.0 Å². The van der Waals surface area contributed by atoms with Gasteiger partial charge in [0.25, 0.3) is 0 Å². The van der Waals surface area contributed by atoms with Gasteiger partial charge in [-0.25, -0.2) is 27.6 Å². The van der Waals surface area contributed by atoms with Crippen molar-refractivity contribution >= 4 is 36.1 Å². The molecule has 0 spiro atoms. The summed E-state index contributed by atoms with van der Waals surface area (Å²) in [5, 5.41) is 0. The molecule has 380 valence electrons. The van der Waals surface area contributed by atoms with Gasteiger partial charge in [0.2, 0.25) is 0 Å². The van der Waals surface area contributed by atoms with Crippen LogP contribution in [0, 0.1) is 17.5 Å². The number of ether oxygens (including phenoxy) is 6. The Labute approximate surface area is 409 Å². The zero-order chi connectivity index (χ0) is 49.3. The van der Waals surface area contributed by atoms with E-state index in [0.717, 1.165) is 152 Å². The fourth-order valence-electron chi connectivity index (χ4n) is 7.17. The first-order chi connectivity index (χ1) is 33.8. The molecule has 12 heteroatoms. The molecule has 0 aliphatic rings. The molecule has 0 radical (unpaired) electrons. The number of hydrogen-bond donors (Lipinski definition) is 0. The number of carbonyl (C=O) groups is 3. The molecule has 0 bridgehead atoms. The fraction of sp³-hybridized carbons (Fsp3) is 0.526. The van der Waals surface area contributed by atoms with E-state index >= 15 is 0 Å². The Balaban J connectivity index is 1.19. The van der Waals surface area contributed by atoms with E-state index in [1.54, 1.807) is 54.6 Å². The highest BCUT2D eigenvalue weighted by Crippen LogP contribution is 2.13. The molecule has 0 heterocycles. The molecule has 0 atom stereocenters. The lowest BCUT2D eigenvalue weighted by molar-refractivity contribution is -0.138. The Hall–Kier alpha value is -5.04. The van der Waals surface area contributed by atoms with Crippen molar-refractivity contribution in [2.24, 2.45) is 0 Å². The first-order valence-corrected chi connectivity index (χ1v) is 25.3. The van der Waals surface area contributed by atoms with Gasteiger partial charge < -0.3 is 28.4 Å². The van der Waals surface area contributed by atoms with Crippen molar-refractivity contribution < 1.29 is 56.0 Å². The minimum Gasteiger partial charge on any atom is -0.463 e. The zero-order valence-corrected chi connectivity index (χ0v) is 40.8. The summed E-state index contributed by atoms with van der Waals surface area (Å²) in [6.45, 7) is 4.21. The molecule has 0 N–H and O–H groups in total. The number of hydrogen-bond acceptors (Lipinski definition) is 9. The van der Waals surface area contributed by atoms with Crippen LogP contribution in [0.5, 0.6) is 0 Å². The molecular weight excluding hydrogens is 886 g/mol.